The Morgan fingerprint density at radius 1 is 1.39 bits per heavy atom. The largest absolute Gasteiger partial charge is 0.379 e. The summed E-state index contributed by atoms with van der Waals surface area (Å²) in [4.78, 5) is 10.9. The Hall–Kier alpha value is -1.20. The molecule has 1 atom stereocenters. The Bertz CT molecular complexity index is 366. The van der Waals surface area contributed by atoms with Gasteiger partial charge in [-0.2, -0.15) is 0 Å². The predicted molar refractivity (Wildman–Crippen MR) is 71.8 cm³/mol. The molecule has 5 nitrogen and oxygen atoms in total. The van der Waals surface area contributed by atoms with Crippen LogP contribution in [0.1, 0.15) is 19.5 Å². The highest BCUT2D eigenvalue weighted by Crippen LogP contribution is 2.07. The fraction of sp³-hybridized carbons (Fsp3) is 0.692. The smallest absolute Gasteiger partial charge is 0.129 e. The van der Waals surface area contributed by atoms with Gasteiger partial charge < -0.3 is 10.1 Å². The van der Waals surface area contributed by atoms with Crippen molar-refractivity contribution in [2.75, 3.05) is 38.2 Å². The van der Waals surface area contributed by atoms with Crippen LogP contribution in [0.15, 0.2) is 12.4 Å². The van der Waals surface area contributed by atoms with Crippen molar-refractivity contribution in [2.24, 2.45) is 0 Å². The number of aryl methyl sites for hydroxylation is 1. The van der Waals surface area contributed by atoms with Gasteiger partial charge >= 0.3 is 0 Å². The van der Waals surface area contributed by atoms with E-state index in [4.69, 9.17) is 4.74 Å². The van der Waals surface area contributed by atoms with E-state index >= 15 is 0 Å². The third-order valence-electron chi connectivity index (χ3n) is 3.12. The molecule has 1 N–H and O–H groups in total. The van der Waals surface area contributed by atoms with Crippen LogP contribution in [0.3, 0.4) is 0 Å². The molecule has 1 aromatic rings. The van der Waals surface area contributed by atoms with E-state index in [-0.39, 0.29) is 0 Å². The molecule has 100 valence electrons. The summed E-state index contributed by atoms with van der Waals surface area (Å²) in [6.45, 7) is 9.05. The van der Waals surface area contributed by atoms with Crippen LogP contribution < -0.4 is 5.32 Å². The molecule has 1 aliphatic heterocycles. The number of ether oxygens (including phenoxy) is 1. The van der Waals surface area contributed by atoms with E-state index in [9.17, 15) is 0 Å². The summed E-state index contributed by atoms with van der Waals surface area (Å²) in [6, 6.07) is 2.40. The van der Waals surface area contributed by atoms with Crippen LogP contribution in [-0.4, -0.2) is 53.8 Å². The zero-order valence-electron chi connectivity index (χ0n) is 11.2. The molecule has 0 amide bonds. The lowest BCUT2D eigenvalue weighted by Crippen LogP contribution is -2.42. The maximum absolute atomic E-state index is 5.35. The molecule has 1 aromatic heterocycles. The molecule has 0 bridgehead atoms. The topological polar surface area (TPSA) is 50.3 Å². The van der Waals surface area contributed by atoms with Gasteiger partial charge in [0, 0.05) is 37.4 Å². The molecule has 1 fully saturated rings. The molecule has 2 heterocycles. The molecule has 1 unspecified atom stereocenters. The third kappa shape index (κ3) is 3.92. The van der Waals surface area contributed by atoms with Crippen molar-refractivity contribution >= 4 is 5.82 Å². The minimum absolute atomic E-state index is 0.378. The van der Waals surface area contributed by atoms with E-state index in [1.54, 1.807) is 6.33 Å². The Morgan fingerprint density at radius 3 is 2.89 bits per heavy atom. The number of morpholine rings is 1. The van der Waals surface area contributed by atoms with Crippen molar-refractivity contribution < 1.29 is 4.74 Å². The van der Waals surface area contributed by atoms with Crippen molar-refractivity contribution in [1.82, 2.24) is 14.9 Å². The highest BCUT2D eigenvalue weighted by molar-refractivity contribution is 5.35. The predicted octanol–water partition coefficient (Wildman–Crippen LogP) is 1.17. The molecule has 0 saturated carbocycles. The first-order chi connectivity index (χ1) is 8.78. The van der Waals surface area contributed by atoms with E-state index in [0.29, 0.717) is 6.04 Å². The van der Waals surface area contributed by atoms with Gasteiger partial charge in [0.15, 0.2) is 0 Å². The first-order valence-electron chi connectivity index (χ1n) is 6.65. The van der Waals surface area contributed by atoms with Crippen molar-refractivity contribution in [3.63, 3.8) is 0 Å². The van der Waals surface area contributed by atoms with Gasteiger partial charge in [0.25, 0.3) is 0 Å². The van der Waals surface area contributed by atoms with Crippen LogP contribution in [-0.2, 0) is 11.2 Å². The van der Waals surface area contributed by atoms with Crippen molar-refractivity contribution in [1.29, 1.82) is 0 Å². The molecule has 0 spiro atoms. The molecular formula is C13H22N4O. The number of aromatic nitrogens is 2. The maximum Gasteiger partial charge on any atom is 0.129 e. The van der Waals surface area contributed by atoms with Crippen LogP contribution in [0.4, 0.5) is 5.82 Å². The summed E-state index contributed by atoms with van der Waals surface area (Å²) in [5.74, 6) is 0.919. The van der Waals surface area contributed by atoms with Crippen LogP contribution in [0, 0.1) is 0 Å². The molecule has 0 radical (unpaired) electrons. The molecule has 1 aliphatic rings. The zero-order chi connectivity index (χ0) is 12.8. The summed E-state index contributed by atoms with van der Waals surface area (Å²) in [5, 5.41) is 3.43. The quantitative estimate of drug-likeness (QED) is 0.850. The highest BCUT2D eigenvalue weighted by atomic mass is 16.5. The fourth-order valence-electron chi connectivity index (χ4n) is 2.14. The average Bonchev–Trinajstić information content (AvgIpc) is 2.40. The summed E-state index contributed by atoms with van der Waals surface area (Å²) in [7, 11) is 0. The van der Waals surface area contributed by atoms with Gasteiger partial charge in [-0.15, -0.1) is 0 Å². The number of nitrogens with one attached hydrogen (secondary N) is 1. The second-order valence-corrected chi connectivity index (χ2v) is 4.71. The van der Waals surface area contributed by atoms with Crippen LogP contribution >= 0.6 is 0 Å². The van der Waals surface area contributed by atoms with Gasteiger partial charge in [-0.3, -0.25) is 4.90 Å². The molecule has 2 rings (SSSR count). The van der Waals surface area contributed by atoms with Crippen molar-refractivity contribution in [2.45, 2.75) is 26.3 Å². The van der Waals surface area contributed by atoms with Gasteiger partial charge in [0.2, 0.25) is 0 Å². The lowest BCUT2D eigenvalue weighted by Gasteiger charge is -2.29. The van der Waals surface area contributed by atoms with Crippen molar-refractivity contribution in [3.05, 3.63) is 18.1 Å². The van der Waals surface area contributed by atoms with E-state index in [1.165, 1.54) is 0 Å². The van der Waals surface area contributed by atoms with Gasteiger partial charge in [-0.25, -0.2) is 9.97 Å². The maximum atomic E-state index is 5.35. The van der Waals surface area contributed by atoms with Crippen LogP contribution in [0.5, 0.6) is 0 Å². The molecule has 1 saturated heterocycles. The first kappa shape index (κ1) is 13.2. The second-order valence-electron chi connectivity index (χ2n) is 4.71. The average molecular weight is 250 g/mol. The molecular weight excluding hydrogens is 228 g/mol. The Morgan fingerprint density at radius 2 is 2.17 bits per heavy atom. The monoisotopic (exact) mass is 250 g/mol. The fourth-order valence-corrected chi connectivity index (χ4v) is 2.14. The Balaban J connectivity index is 1.83. The van der Waals surface area contributed by atoms with Crippen LogP contribution in [0.25, 0.3) is 0 Å². The number of anilines is 1. The lowest BCUT2D eigenvalue weighted by molar-refractivity contribution is 0.0368. The van der Waals surface area contributed by atoms with Crippen molar-refractivity contribution in [3.8, 4) is 0 Å². The molecule has 0 aliphatic carbocycles. The summed E-state index contributed by atoms with van der Waals surface area (Å²) >= 11 is 0. The summed E-state index contributed by atoms with van der Waals surface area (Å²) in [6.07, 6.45) is 2.57. The molecule has 18 heavy (non-hydrogen) atoms. The van der Waals surface area contributed by atoms with E-state index in [2.05, 4.69) is 34.0 Å². The summed E-state index contributed by atoms with van der Waals surface area (Å²) < 4.78 is 5.35. The number of nitrogens with zero attached hydrogens (tertiary/aromatic N) is 3. The summed E-state index contributed by atoms with van der Waals surface area (Å²) in [5.41, 5.74) is 1.08. The number of hydrogen-bond donors (Lipinski definition) is 1. The van der Waals surface area contributed by atoms with Crippen LogP contribution in [0.2, 0.25) is 0 Å². The van der Waals surface area contributed by atoms with E-state index in [1.807, 2.05) is 6.07 Å². The minimum Gasteiger partial charge on any atom is -0.379 e. The van der Waals surface area contributed by atoms with Gasteiger partial charge in [0.05, 0.1) is 13.2 Å². The zero-order valence-corrected chi connectivity index (χ0v) is 11.2. The SMILES string of the molecule is CCc1cc(NC(C)CN2CCOCC2)ncn1. The van der Waals surface area contributed by atoms with E-state index in [0.717, 1.165) is 50.8 Å². The number of hydrogen-bond acceptors (Lipinski definition) is 5. The Kier molecular flexibility index (Phi) is 4.90. The second kappa shape index (κ2) is 6.66. The molecule has 0 aromatic carbocycles. The normalized spacial score (nSPS) is 18.6. The highest BCUT2D eigenvalue weighted by Gasteiger charge is 2.13. The minimum atomic E-state index is 0.378. The number of rotatable bonds is 5. The van der Waals surface area contributed by atoms with Gasteiger partial charge in [0.1, 0.15) is 12.1 Å². The lowest BCUT2D eigenvalue weighted by atomic mass is 10.2. The standard InChI is InChI=1S/C13H22N4O/c1-3-12-8-13(15-10-14-12)16-11(2)9-17-4-6-18-7-5-17/h8,10-11H,3-7,9H2,1-2H3,(H,14,15,16). The third-order valence-corrected chi connectivity index (χ3v) is 3.12. The first-order valence-corrected chi connectivity index (χ1v) is 6.65. The Labute approximate surface area is 109 Å². The molecule has 5 heteroatoms. The van der Waals surface area contributed by atoms with E-state index < -0.39 is 0 Å². The van der Waals surface area contributed by atoms with Gasteiger partial charge in [-0.1, -0.05) is 6.92 Å². The van der Waals surface area contributed by atoms with Gasteiger partial charge in [-0.05, 0) is 13.3 Å².